The normalized spacial score (nSPS) is 17.2. The second-order valence-corrected chi connectivity index (χ2v) is 5.68. The van der Waals surface area contributed by atoms with Gasteiger partial charge in [0.05, 0.1) is 18.1 Å². The molecule has 2 N–H and O–H groups in total. The molecule has 1 heterocycles. The highest BCUT2D eigenvalue weighted by Gasteiger charge is 2.33. The van der Waals surface area contributed by atoms with Gasteiger partial charge in [-0.2, -0.15) is 0 Å². The fraction of sp³-hybridized carbons (Fsp3) is 0.600. The Labute approximate surface area is 119 Å². The van der Waals surface area contributed by atoms with Gasteiger partial charge in [-0.15, -0.1) is 0 Å². The number of pyridine rings is 1. The number of ether oxygens (including phenoxy) is 1. The highest BCUT2D eigenvalue weighted by atomic mass is 16.5. The average molecular weight is 278 g/mol. The van der Waals surface area contributed by atoms with Crippen LogP contribution in [0.1, 0.15) is 46.0 Å². The molecular formula is C15H22N2O3. The summed E-state index contributed by atoms with van der Waals surface area (Å²) in [5, 5.41) is 13.0. The van der Waals surface area contributed by atoms with Crippen LogP contribution >= 0.6 is 0 Å². The van der Waals surface area contributed by atoms with E-state index in [-0.39, 0.29) is 18.4 Å². The van der Waals surface area contributed by atoms with Crippen LogP contribution in [0.2, 0.25) is 0 Å². The van der Waals surface area contributed by atoms with Crippen molar-refractivity contribution >= 4 is 11.6 Å². The van der Waals surface area contributed by atoms with Gasteiger partial charge in [0.15, 0.2) is 0 Å². The topological polar surface area (TPSA) is 71.5 Å². The molecular weight excluding hydrogens is 256 g/mol. The van der Waals surface area contributed by atoms with E-state index in [4.69, 9.17) is 4.74 Å². The zero-order valence-electron chi connectivity index (χ0n) is 12.1. The molecule has 0 aromatic carbocycles. The summed E-state index contributed by atoms with van der Waals surface area (Å²) >= 11 is 0. The molecule has 5 nitrogen and oxygen atoms in total. The summed E-state index contributed by atoms with van der Waals surface area (Å²) < 4.78 is 5.55. The first-order valence-corrected chi connectivity index (χ1v) is 7.12. The minimum absolute atomic E-state index is 0.0143. The molecule has 0 radical (unpaired) electrons. The predicted octanol–water partition coefficient (Wildman–Crippen LogP) is 2.50. The Balaban J connectivity index is 2.00. The lowest BCUT2D eigenvalue weighted by Crippen LogP contribution is -2.31. The van der Waals surface area contributed by atoms with Crippen LogP contribution in [0.25, 0.3) is 0 Å². The number of carbonyl (C=O) groups is 1. The van der Waals surface area contributed by atoms with E-state index in [1.54, 1.807) is 18.3 Å². The number of amides is 1. The molecule has 0 atom stereocenters. The van der Waals surface area contributed by atoms with E-state index in [2.05, 4.69) is 10.3 Å². The van der Waals surface area contributed by atoms with Gasteiger partial charge in [0.25, 0.3) is 0 Å². The molecule has 1 aliphatic carbocycles. The Morgan fingerprint density at radius 1 is 1.50 bits per heavy atom. The van der Waals surface area contributed by atoms with Crippen LogP contribution in [0.5, 0.6) is 5.88 Å². The van der Waals surface area contributed by atoms with Crippen LogP contribution in [-0.4, -0.2) is 27.7 Å². The SMILES string of the molecule is CC(C)Oc1ncccc1NC(=O)CC1(O)CCCC1. The van der Waals surface area contributed by atoms with Crippen molar-refractivity contribution < 1.29 is 14.6 Å². The summed E-state index contributed by atoms with van der Waals surface area (Å²) in [6.07, 6.45) is 5.10. The zero-order valence-corrected chi connectivity index (χ0v) is 12.1. The molecule has 110 valence electrons. The lowest BCUT2D eigenvalue weighted by Gasteiger charge is -2.21. The maximum absolute atomic E-state index is 12.1. The summed E-state index contributed by atoms with van der Waals surface area (Å²) in [6.45, 7) is 3.81. The van der Waals surface area contributed by atoms with Crippen LogP contribution in [0.4, 0.5) is 5.69 Å². The third kappa shape index (κ3) is 3.93. The minimum atomic E-state index is -0.842. The van der Waals surface area contributed by atoms with Crippen molar-refractivity contribution in [3.05, 3.63) is 18.3 Å². The van der Waals surface area contributed by atoms with Gasteiger partial charge in [-0.3, -0.25) is 4.79 Å². The molecule has 1 aliphatic rings. The first kappa shape index (κ1) is 14.8. The van der Waals surface area contributed by atoms with Crippen LogP contribution in [-0.2, 0) is 4.79 Å². The summed E-state index contributed by atoms with van der Waals surface area (Å²) in [4.78, 5) is 16.2. The molecule has 0 unspecified atom stereocenters. The number of nitrogens with one attached hydrogen (secondary N) is 1. The molecule has 5 heteroatoms. The van der Waals surface area contributed by atoms with Crippen molar-refractivity contribution in [2.75, 3.05) is 5.32 Å². The summed E-state index contributed by atoms with van der Waals surface area (Å²) in [6, 6.07) is 3.49. The number of aliphatic hydroxyl groups is 1. The van der Waals surface area contributed by atoms with Crippen LogP contribution in [0.3, 0.4) is 0 Å². The van der Waals surface area contributed by atoms with Gasteiger partial charge in [-0.05, 0) is 38.8 Å². The first-order chi connectivity index (χ1) is 9.48. The van der Waals surface area contributed by atoms with E-state index >= 15 is 0 Å². The van der Waals surface area contributed by atoms with Crippen molar-refractivity contribution in [3.63, 3.8) is 0 Å². The van der Waals surface area contributed by atoms with Gasteiger partial charge in [-0.1, -0.05) is 12.8 Å². The van der Waals surface area contributed by atoms with Crippen LogP contribution in [0.15, 0.2) is 18.3 Å². The minimum Gasteiger partial charge on any atom is -0.473 e. The van der Waals surface area contributed by atoms with Crippen molar-refractivity contribution in [1.29, 1.82) is 0 Å². The Hall–Kier alpha value is -1.62. The molecule has 20 heavy (non-hydrogen) atoms. The fourth-order valence-electron chi connectivity index (χ4n) is 2.51. The number of anilines is 1. The van der Waals surface area contributed by atoms with E-state index in [9.17, 15) is 9.90 Å². The molecule has 2 rings (SSSR count). The van der Waals surface area contributed by atoms with Crippen molar-refractivity contribution in [1.82, 2.24) is 4.98 Å². The lowest BCUT2D eigenvalue weighted by molar-refractivity contribution is -0.120. The molecule has 1 aromatic rings. The summed E-state index contributed by atoms with van der Waals surface area (Å²) in [7, 11) is 0. The zero-order chi connectivity index (χ0) is 14.6. The van der Waals surface area contributed by atoms with Crippen molar-refractivity contribution in [2.45, 2.75) is 57.7 Å². The Morgan fingerprint density at radius 2 is 2.20 bits per heavy atom. The number of aromatic nitrogens is 1. The second-order valence-electron chi connectivity index (χ2n) is 5.68. The Bertz CT molecular complexity index is 468. The number of hydrogen-bond donors (Lipinski definition) is 2. The molecule has 0 spiro atoms. The monoisotopic (exact) mass is 278 g/mol. The van der Waals surface area contributed by atoms with Crippen LogP contribution < -0.4 is 10.1 Å². The van der Waals surface area contributed by atoms with Crippen LogP contribution in [0, 0.1) is 0 Å². The molecule has 1 aromatic heterocycles. The first-order valence-electron chi connectivity index (χ1n) is 7.12. The number of nitrogens with zero attached hydrogens (tertiary/aromatic N) is 1. The Morgan fingerprint density at radius 3 is 2.85 bits per heavy atom. The average Bonchev–Trinajstić information content (AvgIpc) is 2.77. The third-order valence-electron chi connectivity index (χ3n) is 3.42. The van der Waals surface area contributed by atoms with E-state index in [1.807, 2.05) is 13.8 Å². The highest BCUT2D eigenvalue weighted by molar-refractivity contribution is 5.92. The largest absolute Gasteiger partial charge is 0.473 e. The van der Waals surface area contributed by atoms with Gasteiger partial charge in [0.2, 0.25) is 11.8 Å². The number of hydrogen-bond acceptors (Lipinski definition) is 4. The van der Waals surface area contributed by atoms with Gasteiger partial charge in [-0.25, -0.2) is 4.98 Å². The molecule has 1 fully saturated rings. The van der Waals surface area contributed by atoms with E-state index < -0.39 is 5.60 Å². The van der Waals surface area contributed by atoms with Gasteiger partial charge in [0, 0.05) is 6.20 Å². The second kappa shape index (κ2) is 6.22. The maximum atomic E-state index is 12.1. The number of rotatable bonds is 5. The number of carbonyl (C=O) groups excluding carboxylic acids is 1. The Kier molecular flexibility index (Phi) is 4.60. The smallest absolute Gasteiger partial charge is 0.238 e. The maximum Gasteiger partial charge on any atom is 0.238 e. The molecule has 0 aliphatic heterocycles. The molecule has 0 bridgehead atoms. The molecule has 1 saturated carbocycles. The quantitative estimate of drug-likeness (QED) is 0.868. The lowest BCUT2D eigenvalue weighted by atomic mass is 9.98. The van der Waals surface area contributed by atoms with Gasteiger partial charge in [0.1, 0.15) is 5.69 Å². The molecule has 0 saturated heterocycles. The fourth-order valence-corrected chi connectivity index (χ4v) is 2.51. The van der Waals surface area contributed by atoms with Gasteiger partial charge < -0.3 is 15.2 Å². The predicted molar refractivity (Wildman–Crippen MR) is 76.7 cm³/mol. The third-order valence-corrected chi connectivity index (χ3v) is 3.42. The van der Waals surface area contributed by atoms with Crippen molar-refractivity contribution in [3.8, 4) is 5.88 Å². The highest BCUT2D eigenvalue weighted by Crippen LogP contribution is 2.33. The van der Waals surface area contributed by atoms with Gasteiger partial charge >= 0.3 is 0 Å². The summed E-state index contributed by atoms with van der Waals surface area (Å²) in [5.41, 5.74) is -0.293. The summed E-state index contributed by atoms with van der Waals surface area (Å²) in [5.74, 6) is 0.213. The van der Waals surface area contributed by atoms with Crippen molar-refractivity contribution in [2.24, 2.45) is 0 Å². The van der Waals surface area contributed by atoms with E-state index in [0.717, 1.165) is 12.8 Å². The molecule has 1 amide bonds. The standard InChI is InChI=1S/C15H22N2O3/c1-11(2)20-14-12(6-5-9-16-14)17-13(18)10-15(19)7-3-4-8-15/h5-6,9,11,19H,3-4,7-8,10H2,1-2H3,(H,17,18). The van der Waals surface area contributed by atoms with E-state index in [1.165, 1.54) is 0 Å². The van der Waals surface area contributed by atoms with E-state index in [0.29, 0.717) is 24.4 Å².